The highest BCUT2D eigenvalue weighted by atomic mass is 16.5. The zero-order chi connectivity index (χ0) is 12.3. The van der Waals surface area contributed by atoms with Crippen molar-refractivity contribution in [1.82, 2.24) is 5.32 Å². The second kappa shape index (κ2) is 5.83. The summed E-state index contributed by atoms with van der Waals surface area (Å²) in [5.74, 6) is 1.03. The molecule has 1 amide bonds. The monoisotopic (exact) mass is 241 g/mol. The summed E-state index contributed by atoms with van der Waals surface area (Å²) in [6.07, 6.45) is 2.99. The van der Waals surface area contributed by atoms with Crippen LogP contribution in [0.4, 0.5) is 0 Å². The van der Waals surface area contributed by atoms with E-state index in [1.807, 2.05) is 0 Å². The maximum absolute atomic E-state index is 11.8. The predicted molar refractivity (Wildman–Crippen MR) is 64.7 cm³/mol. The van der Waals surface area contributed by atoms with Crippen LogP contribution < -0.4 is 5.32 Å². The van der Waals surface area contributed by atoms with E-state index in [-0.39, 0.29) is 12.0 Å². The van der Waals surface area contributed by atoms with Gasteiger partial charge in [0.25, 0.3) is 0 Å². The Labute approximate surface area is 103 Å². The normalized spacial score (nSPS) is 33.2. The van der Waals surface area contributed by atoms with Crippen molar-refractivity contribution in [2.45, 2.75) is 45.3 Å². The third-order valence-electron chi connectivity index (χ3n) is 3.68. The Balaban J connectivity index is 1.75. The number of nitrogens with one attached hydrogen (secondary N) is 1. The van der Waals surface area contributed by atoms with E-state index in [0.717, 1.165) is 39.0 Å². The summed E-state index contributed by atoms with van der Waals surface area (Å²) in [6.45, 7) is 6.61. The van der Waals surface area contributed by atoms with E-state index in [0.29, 0.717) is 17.9 Å². The second-order valence-corrected chi connectivity index (χ2v) is 5.37. The zero-order valence-electron chi connectivity index (χ0n) is 10.8. The topological polar surface area (TPSA) is 47.6 Å². The molecule has 2 heterocycles. The molecule has 2 saturated heterocycles. The van der Waals surface area contributed by atoms with E-state index < -0.39 is 0 Å². The van der Waals surface area contributed by atoms with Gasteiger partial charge in [0.1, 0.15) is 6.10 Å². The summed E-state index contributed by atoms with van der Waals surface area (Å²) in [5.41, 5.74) is 0. The van der Waals surface area contributed by atoms with E-state index in [2.05, 4.69) is 19.2 Å². The van der Waals surface area contributed by atoms with Crippen LogP contribution >= 0.6 is 0 Å². The van der Waals surface area contributed by atoms with Gasteiger partial charge in [-0.1, -0.05) is 13.8 Å². The highest BCUT2D eigenvalue weighted by Crippen LogP contribution is 2.26. The summed E-state index contributed by atoms with van der Waals surface area (Å²) in [7, 11) is 0. The van der Waals surface area contributed by atoms with Crippen LogP contribution in [0, 0.1) is 11.8 Å². The Morgan fingerprint density at radius 1 is 1.29 bits per heavy atom. The van der Waals surface area contributed by atoms with Gasteiger partial charge in [-0.05, 0) is 25.2 Å². The first-order valence-electron chi connectivity index (χ1n) is 6.69. The fourth-order valence-corrected chi connectivity index (χ4v) is 2.74. The smallest absolute Gasteiger partial charge is 0.249 e. The van der Waals surface area contributed by atoms with Crippen molar-refractivity contribution < 1.29 is 14.3 Å². The lowest BCUT2D eigenvalue weighted by atomic mass is 9.93. The first-order chi connectivity index (χ1) is 8.18. The number of carbonyl (C=O) groups is 1. The molecule has 4 nitrogen and oxygen atoms in total. The summed E-state index contributed by atoms with van der Waals surface area (Å²) in [4.78, 5) is 11.8. The average molecular weight is 241 g/mol. The molecule has 2 rings (SSSR count). The molecule has 3 atom stereocenters. The Morgan fingerprint density at radius 2 is 2.12 bits per heavy atom. The van der Waals surface area contributed by atoms with Crippen molar-refractivity contribution in [2.75, 3.05) is 19.8 Å². The molecule has 0 radical (unpaired) electrons. The maximum atomic E-state index is 11.8. The van der Waals surface area contributed by atoms with Crippen molar-refractivity contribution in [3.05, 3.63) is 0 Å². The van der Waals surface area contributed by atoms with Gasteiger partial charge in [0.2, 0.25) is 5.91 Å². The quantitative estimate of drug-likeness (QED) is 0.808. The average Bonchev–Trinajstić information content (AvgIpc) is 2.96. The third kappa shape index (κ3) is 3.19. The molecule has 0 spiro atoms. The highest BCUT2D eigenvalue weighted by Gasteiger charge is 2.32. The summed E-state index contributed by atoms with van der Waals surface area (Å²) in [5, 5.41) is 3.01. The van der Waals surface area contributed by atoms with Gasteiger partial charge in [-0.25, -0.2) is 0 Å². The lowest BCUT2D eigenvalue weighted by Crippen LogP contribution is -2.39. The van der Waals surface area contributed by atoms with Crippen LogP contribution in [0.5, 0.6) is 0 Å². The largest absolute Gasteiger partial charge is 0.378 e. The van der Waals surface area contributed by atoms with Gasteiger partial charge >= 0.3 is 0 Å². The van der Waals surface area contributed by atoms with Crippen molar-refractivity contribution in [1.29, 1.82) is 0 Å². The minimum Gasteiger partial charge on any atom is -0.378 e. The Morgan fingerprint density at radius 3 is 2.76 bits per heavy atom. The molecule has 0 aromatic heterocycles. The van der Waals surface area contributed by atoms with Crippen molar-refractivity contribution in [3.63, 3.8) is 0 Å². The first-order valence-corrected chi connectivity index (χ1v) is 6.69. The van der Waals surface area contributed by atoms with Crippen LogP contribution in [-0.4, -0.2) is 37.9 Å². The molecule has 1 N–H and O–H groups in total. The summed E-state index contributed by atoms with van der Waals surface area (Å²) >= 11 is 0. The van der Waals surface area contributed by atoms with Crippen LogP contribution in [0.2, 0.25) is 0 Å². The van der Waals surface area contributed by atoms with E-state index >= 15 is 0 Å². The molecule has 98 valence electrons. The Hall–Kier alpha value is -0.610. The lowest BCUT2D eigenvalue weighted by molar-refractivity contribution is -0.130. The first kappa shape index (κ1) is 12.8. The minimum absolute atomic E-state index is 0.0527. The molecular weight excluding hydrogens is 218 g/mol. The molecule has 2 aliphatic heterocycles. The molecule has 0 aromatic carbocycles. The van der Waals surface area contributed by atoms with Gasteiger partial charge < -0.3 is 14.8 Å². The fourth-order valence-electron chi connectivity index (χ4n) is 2.74. The van der Waals surface area contributed by atoms with Gasteiger partial charge in [0.15, 0.2) is 0 Å². The molecule has 1 unspecified atom stereocenters. The van der Waals surface area contributed by atoms with Crippen molar-refractivity contribution >= 4 is 5.91 Å². The number of hydrogen-bond donors (Lipinski definition) is 1. The standard InChI is InChI=1S/C13H23NO3/c1-9(2)12-10(5-7-17-12)8-14-13(15)11-4-3-6-16-11/h9-12H,3-8H2,1-2H3,(H,14,15)/t10-,11?,12-/m1/s1. The van der Waals surface area contributed by atoms with E-state index in [9.17, 15) is 4.79 Å². The molecule has 0 saturated carbocycles. The number of hydrogen-bond acceptors (Lipinski definition) is 3. The molecule has 2 aliphatic rings. The van der Waals surface area contributed by atoms with Gasteiger partial charge in [-0.3, -0.25) is 4.79 Å². The number of carbonyl (C=O) groups excluding carboxylic acids is 1. The van der Waals surface area contributed by atoms with Gasteiger partial charge in [0, 0.05) is 25.7 Å². The summed E-state index contributed by atoms with van der Waals surface area (Å²) < 4.78 is 11.1. The maximum Gasteiger partial charge on any atom is 0.249 e. The third-order valence-corrected chi connectivity index (χ3v) is 3.68. The minimum atomic E-state index is -0.213. The SMILES string of the molecule is CC(C)[C@H]1OCC[C@@H]1CNC(=O)C1CCCO1. The van der Waals surface area contributed by atoms with E-state index in [4.69, 9.17) is 9.47 Å². The fraction of sp³-hybridized carbons (Fsp3) is 0.923. The molecule has 2 fully saturated rings. The molecule has 0 aromatic rings. The summed E-state index contributed by atoms with van der Waals surface area (Å²) in [6, 6.07) is 0. The Kier molecular flexibility index (Phi) is 4.40. The van der Waals surface area contributed by atoms with E-state index in [1.165, 1.54) is 0 Å². The highest BCUT2D eigenvalue weighted by molar-refractivity contribution is 5.80. The van der Waals surface area contributed by atoms with Crippen molar-refractivity contribution in [3.8, 4) is 0 Å². The lowest BCUT2D eigenvalue weighted by Gasteiger charge is -2.22. The molecule has 0 bridgehead atoms. The molecule has 0 aliphatic carbocycles. The second-order valence-electron chi connectivity index (χ2n) is 5.37. The van der Waals surface area contributed by atoms with Crippen LogP contribution in [0.15, 0.2) is 0 Å². The predicted octanol–water partition coefficient (Wildman–Crippen LogP) is 1.34. The molecule has 17 heavy (non-hydrogen) atoms. The Bertz CT molecular complexity index is 261. The zero-order valence-corrected chi connectivity index (χ0v) is 10.8. The van der Waals surface area contributed by atoms with Gasteiger partial charge in [-0.15, -0.1) is 0 Å². The van der Waals surface area contributed by atoms with Crippen LogP contribution in [0.3, 0.4) is 0 Å². The molecule has 4 heteroatoms. The van der Waals surface area contributed by atoms with Gasteiger partial charge in [0.05, 0.1) is 6.10 Å². The van der Waals surface area contributed by atoms with Crippen LogP contribution in [0.25, 0.3) is 0 Å². The van der Waals surface area contributed by atoms with E-state index in [1.54, 1.807) is 0 Å². The number of rotatable bonds is 4. The van der Waals surface area contributed by atoms with Gasteiger partial charge in [-0.2, -0.15) is 0 Å². The molecular formula is C13H23NO3. The number of amides is 1. The number of ether oxygens (including phenoxy) is 2. The van der Waals surface area contributed by atoms with Crippen molar-refractivity contribution in [2.24, 2.45) is 11.8 Å². The van der Waals surface area contributed by atoms with Crippen LogP contribution in [0.1, 0.15) is 33.1 Å². The van der Waals surface area contributed by atoms with Crippen LogP contribution in [-0.2, 0) is 14.3 Å².